The predicted molar refractivity (Wildman–Crippen MR) is 82.0 cm³/mol. The van der Waals surface area contributed by atoms with Crippen molar-refractivity contribution in [1.82, 2.24) is 5.32 Å². The fourth-order valence-corrected chi connectivity index (χ4v) is 2.50. The topological polar surface area (TPSA) is 78.4 Å². The van der Waals surface area contributed by atoms with Crippen LogP contribution >= 0.6 is 11.3 Å². The van der Waals surface area contributed by atoms with E-state index in [1.165, 1.54) is 11.3 Å². The lowest BCUT2D eigenvalue weighted by Crippen LogP contribution is -2.43. The number of hydrogen-bond donors (Lipinski definition) is 3. The smallest absolute Gasteiger partial charge is 0.313 e. The van der Waals surface area contributed by atoms with Gasteiger partial charge < -0.3 is 15.7 Å². The summed E-state index contributed by atoms with van der Waals surface area (Å²) in [4.78, 5) is 23.4. The van der Waals surface area contributed by atoms with Gasteiger partial charge in [-0.25, -0.2) is 0 Å². The zero-order chi connectivity index (χ0) is 15.3. The average Bonchev–Trinajstić information content (AvgIpc) is 3.01. The Morgan fingerprint density at radius 1 is 1.19 bits per heavy atom. The van der Waals surface area contributed by atoms with Crippen LogP contribution in [0, 0.1) is 0 Å². The van der Waals surface area contributed by atoms with Gasteiger partial charge in [0, 0.05) is 5.69 Å². The monoisotopic (exact) mass is 304 g/mol. The maximum Gasteiger partial charge on any atom is 0.313 e. The van der Waals surface area contributed by atoms with Crippen LogP contribution in [0.4, 0.5) is 5.69 Å². The van der Waals surface area contributed by atoms with Crippen LogP contribution in [-0.4, -0.2) is 23.5 Å². The van der Waals surface area contributed by atoms with Crippen LogP contribution in [-0.2, 0) is 15.2 Å². The summed E-state index contributed by atoms with van der Waals surface area (Å²) in [6.07, 6.45) is 0. The van der Waals surface area contributed by atoms with E-state index < -0.39 is 17.4 Å². The fourth-order valence-electron chi connectivity index (χ4n) is 1.72. The third-order valence-corrected chi connectivity index (χ3v) is 3.66. The molecule has 110 valence electrons. The summed E-state index contributed by atoms with van der Waals surface area (Å²) in [5.41, 5.74) is 0.0430. The number of aliphatic hydroxyl groups is 1. The minimum absolute atomic E-state index is 0.0369. The third-order valence-electron chi connectivity index (χ3n) is 2.97. The van der Waals surface area contributed by atoms with Crippen molar-refractivity contribution in [2.24, 2.45) is 0 Å². The summed E-state index contributed by atoms with van der Waals surface area (Å²) in [5, 5.41) is 18.8. The highest BCUT2D eigenvalue weighted by molar-refractivity contribution is 7.08. The molecular formula is C15H16N2O3S. The quantitative estimate of drug-likeness (QED) is 0.752. The Hall–Kier alpha value is -2.18. The number of benzene rings is 1. The number of nitrogens with one attached hydrogen (secondary N) is 2. The highest BCUT2D eigenvalue weighted by atomic mass is 32.1. The van der Waals surface area contributed by atoms with Crippen molar-refractivity contribution in [3.63, 3.8) is 0 Å². The molecular weight excluding hydrogens is 288 g/mol. The van der Waals surface area contributed by atoms with E-state index in [9.17, 15) is 14.7 Å². The Balaban J connectivity index is 1.88. The molecule has 0 aliphatic carbocycles. The molecule has 6 heteroatoms. The van der Waals surface area contributed by atoms with E-state index in [-0.39, 0.29) is 6.54 Å². The molecule has 1 atom stereocenters. The molecule has 0 fully saturated rings. The molecule has 2 amide bonds. The maximum absolute atomic E-state index is 11.7. The molecule has 1 heterocycles. The molecule has 0 radical (unpaired) electrons. The first-order valence-electron chi connectivity index (χ1n) is 6.38. The zero-order valence-corrected chi connectivity index (χ0v) is 12.3. The number of rotatable bonds is 4. The van der Waals surface area contributed by atoms with Crippen molar-refractivity contribution in [3.05, 3.63) is 52.7 Å². The van der Waals surface area contributed by atoms with Gasteiger partial charge >= 0.3 is 11.8 Å². The van der Waals surface area contributed by atoms with Crippen LogP contribution in [0.15, 0.2) is 47.2 Å². The van der Waals surface area contributed by atoms with Crippen LogP contribution in [0.1, 0.15) is 12.5 Å². The summed E-state index contributed by atoms with van der Waals surface area (Å²) >= 11 is 1.46. The Morgan fingerprint density at radius 3 is 2.52 bits per heavy atom. The minimum Gasteiger partial charge on any atom is -0.384 e. The third kappa shape index (κ3) is 4.14. The molecule has 5 nitrogen and oxygen atoms in total. The van der Waals surface area contributed by atoms with Gasteiger partial charge in [0.05, 0.1) is 6.54 Å². The molecule has 0 spiro atoms. The molecule has 21 heavy (non-hydrogen) atoms. The molecule has 0 aliphatic rings. The van der Waals surface area contributed by atoms with Crippen LogP contribution in [0.5, 0.6) is 0 Å². The first-order valence-corrected chi connectivity index (χ1v) is 7.32. The second-order valence-corrected chi connectivity index (χ2v) is 5.57. The summed E-state index contributed by atoms with van der Waals surface area (Å²) in [7, 11) is 0. The molecule has 0 aliphatic heterocycles. The number of anilines is 1. The van der Waals surface area contributed by atoms with Crippen LogP contribution in [0.2, 0.25) is 0 Å². The average molecular weight is 304 g/mol. The van der Waals surface area contributed by atoms with Crippen LogP contribution in [0.25, 0.3) is 0 Å². The molecule has 2 rings (SSSR count). The lowest BCUT2D eigenvalue weighted by atomic mass is 9.99. The van der Waals surface area contributed by atoms with Crippen molar-refractivity contribution in [2.45, 2.75) is 12.5 Å². The maximum atomic E-state index is 11.7. The van der Waals surface area contributed by atoms with E-state index >= 15 is 0 Å². The van der Waals surface area contributed by atoms with Gasteiger partial charge in [-0.05, 0) is 41.4 Å². The van der Waals surface area contributed by atoms with Gasteiger partial charge in [-0.1, -0.05) is 18.2 Å². The zero-order valence-electron chi connectivity index (χ0n) is 11.5. The summed E-state index contributed by atoms with van der Waals surface area (Å²) in [5.74, 6) is -1.54. The molecule has 0 saturated carbocycles. The van der Waals surface area contributed by atoms with E-state index in [4.69, 9.17) is 0 Å². The molecule has 3 N–H and O–H groups in total. The van der Waals surface area contributed by atoms with Crippen molar-refractivity contribution >= 4 is 28.8 Å². The van der Waals surface area contributed by atoms with Gasteiger partial charge in [-0.15, -0.1) is 0 Å². The number of para-hydroxylation sites is 1. The highest BCUT2D eigenvalue weighted by Crippen LogP contribution is 2.21. The van der Waals surface area contributed by atoms with Gasteiger partial charge in [0.25, 0.3) is 0 Å². The second-order valence-electron chi connectivity index (χ2n) is 4.79. The molecule has 1 aromatic carbocycles. The number of hydrogen-bond acceptors (Lipinski definition) is 4. The van der Waals surface area contributed by atoms with Gasteiger partial charge in [-0.2, -0.15) is 11.3 Å². The highest BCUT2D eigenvalue weighted by Gasteiger charge is 2.25. The summed E-state index contributed by atoms with van der Waals surface area (Å²) < 4.78 is 0. The van der Waals surface area contributed by atoms with E-state index in [2.05, 4.69) is 10.6 Å². The molecule has 0 bridgehead atoms. The number of thiophene rings is 1. The van der Waals surface area contributed by atoms with E-state index in [0.29, 0.717) is 11.3 Å². The second kappa shape index (κ2) is 6.51. The van der Waals surface area contributed by atoms with Gasteiger partial charge in [-0.3, -0.25) is 9.59 Å². The van der Waals surface area contributed by atoms with Crippen molar-refractivity contribution in [2.75, 3.05) is 11.9 Å². The van der Waals surface area contributed by atoms with Crippen molar-refractivity contribution in [3.8, 4) is 0 Å². The number of amides is 2. The SMILES string of the molecule is CC(O)(CNC(=O)C(=O)Nc1ccccc1)c1ccsc1. The van der Waals surface area contributed by atoms with Crippen LogP contribution < -0.4 is 10.6 Å². The van der Waals surface area contributed by atoms with Crippen LogP contribution in [0.3, 0.4) is 0 Å². The Labute approximate surface area is 126 Å². The van der Waals surface area contributed by atoms with Gasteiger partial charge in [0.2, 0.25) is 0 Å². The number of carbonyl (C=O) groups is 2. The molecule has 1 aromatic heterocycles. The fraction of sp³-hybridized carbons (Fsp3) is 0.200. The van der Waals surface area contributed by atoms with E-state index in [1.807, 2.05) is 11.4 Å². The Bertz CT molecular complexity index is 609. The van der Waals surface area contributed by atoms with E-state index in [0.717, 1.165) is 0 Å². The Morgan fingerprint density at radius 2 is 1.90 bits per heavy atom. The number of carbonyl (C=O) groups excluding carboxylic acids is 2. The lowest BCUT2D eigenvalue weighted by molar-refractivity contribution is -0.136. The first kappa shape index (κ1) is 15.2. The predicted octanol–water partition coefficient (Wildman–Crippen LogP) is 1.71. The first-order chi connectivity index (χ1) is 9.99. The van der Waals surface area contributed by atoms with Crippen molar-refractivity contribution in [1.29, 1.82) is 0 Å². The molecule has 2 aromatic rings. The standard InChI is InChI=1S/C15H16N2O3S/c1-15(20,11-7-8-21-9-11)10-16-13(18)14(19)17-12-5-3-2-4-6-12/h2-9,20H,10H2,1H3,(H,16,18)(H,17,19). The summed E-state index contributed by atoms with van der Waals surface area (Å²) in [6, 6.07) is 10.5. The summed E-state index contributed by atoms with van der Waals surface area (Å²) in [6.45, 7) is 1.55. The molecule has 0 saturated heterocycles. The Kier molecular flexibility index (Phi) is 4.72. The minimum atomic E-state index is -1.21. The molecule has 1 unspecified atom stereocenters. The van der Waals surface area contributed by atoms with E-state index in [1.54, 1.807) is 42.6 Å². The van der Waals surface area contributed by atoms with Gasteiger partial charge in [0.15, 0.2) is 0 Å². The van der Waals surface area contributed by atoms with Gasteiger partial charge in [0.1, 0.15) is 5.60 Å². The lowest BCUT2D eigenvalue weighted by Gasteiger charge is -2.22. The normalized spacial score (nSPS) is 13.2. The van der Waals surface area contributed by atoms with Crippen molar-refractivity contribution < 1.29 is 14.7 Å². The largest absolute Gasteiger partial charge is 0.384 e.